The highest BCUT2D eigenvalue weighted by Crippen LogP contribution is 2.23. The first-order valence-electron chi connectivity index (χ1n) is 9.55. The fourth-order valence-electron chi connectivity index (χ4n) is 4.29. The number of nitrogens with zero attached hydrogens (tertiary/aromatic N) is 3. The predicted octanol–water partition coefficient (Wildman–Crippen LogP) is 3.97. The number of piperidine rings is 1. The fraction of sp³-hybridized carbons (Fsp3) is 0.947. The summed E-state index contributed by atoms with van der Waals surface area (Å²) in [5.41, 5.74) is 1.21. The number of likely N-dealkylation sites (tertiary alicyclic amines) is 2. The number of hydrogen-bond acceptors (Lipinski definition) is 3. The van der Waals surface area contributed by atoms with Gasteiger partial charge in [0.25, 0.3) is 0 Å². The molecule has 0 aromatic carbocycles. The van der Waals surface area contributed by atoms with Crippen LogP contribution in [-0.2, 0) is 0 Å². The molecule has 0 saturated carbocycles. The topological polar surface area (TPSA) is 18.8 Å². The van der Waals surface area contributed by atoms with Gasteiger partial charge in [-0.3, -0.25) is 4.99 Å². The van der Waals surface area contributed by atoms with E-state index in [-0.39, 0.29) is 0 Å². The lowest BCUT2D eigenvalue weighted by molar-refractivity contribution is 0.0857. The zero-order valence-electron chi connectivity index (χ0n) is 15.4. The lowest BCUT2D eigenvalue weighted by atomic mass is 9.99. The van der Waals surface area contributed by atoms with Gasteiger partial charge in [-0.2, -0.15) is 0 Å². The molecule has 2 rings (SSSR count). The molecule has 0 bridgehead atoms. The summed E-state index contributed by atoms with van der Waals surface area (Å²) in [7, 11) is 0. The van der Waals surface area contributed by atoms with Crippen molar-refractivity contribution in [2.75, 3.05) is 26.2 Å². The molecule has 2 fully saturated rings. The van der Waals surface area contributed by atoms with Crippen molar-refractivity contribution in [3.8, 4) is 0 Å². The maximum absolute atomic E-state index is 4.69. The summed E-state index contributed by atoms with van der Waals surface area (Å²) in [4.78, 5) is 10.2. The molecule has 2 aliphatic rings. The van der Waals surface area contributed by atoms with Crippen LogP contribution >= 0.6 is 0 Å². The fourth-order valence-corrected chi connectivity index (χ4v) is 4.29. The molecule has 2 saturated heterocycles. The number of aliphatic imine (C=N–C) groups is 1. The van der Waals surface area contributed by atoms with Crippen molar-refractivity contribution in [2.45, 2.75) is 90.8 Å². The lowest BCUT2D eigenvalue weighted by Crippen LogP contribution is -2.48. The van der Waals surface area contributed by atoms with Crippen LogP contribution in [0.3, 0.4) is 0 Å². The second kappa shape index (κ2) is 9.02. The Kier molecular flexibility index (Phi) is 7.36. The first-order valence-corrected chi connectivity index (χ1v) is 9.55. The minimum Gasteiger partial charge on any atom is -0.300 e. The molecule has 2 aliphatic heterocycles. The van der Waals surface area contributed by atoms with Gasteiger partial charge in [-0.25, -0.2) is 0 Å². The molecular formula is C19H37N3. The highest BCUT2D eigenvalue weighted by molar-refractivity contribution is 5.79. The van der Waals surface area contributed by atoms with E-state index in [0.717, 1.165) is 6.04 Å². The molecule has 128 valence electrons. The van der Waals surface area contributed by atoms with E-state index >= 15 is 0 Å². The molecule has 0 N–H and O–H groups in total. The van der Waals surface area contributed by atoms with Gasteiger partial charge < -0.3 is 9.80 Å². The van der Waals surface area contributed by atoms with Crippen LogP contribution in [0.2, 0.25) is 0 Å². The first kappa shape index (κ1) is 17.9. The van der Waals surface area contributed by atoms with Crippen molar-refractivity contribution in [3.05, 3.63) is 0 Å². The van der Waals surface area contributed by atoms with Crippen molar-refractivity contribution in [2.24, 2.45) is 4.99 Å². The van der Waals surface area contributed by atoms with Crippen molar-refractivity contribution < 1.29 is 0 Å². The number of hydrogen-bond donors (Lipinski definition) is 0. The van der Waals surface area contributed by atoms with Crippen LogP contribution in [0.4, 0.5) is 0 Å². The van der Waals surface area contributed by atoms with E-state index < -0.39 is 0 Å². The summed E-state index contributed by atoms with van der Waals surface area (Å²) in [5, 5.41) is 0. The van der Waals surface area contributed by atoms with Crippen LogP contribution < -0.4 is 0 Å². The maximum Gasteiger partial charge on any atom is 0.0485 e. The summed E-state index contributed by atoms with van der Waals surface area (Å²) in [5.74, 6) is 0. The second-order valence-corrected chi connectivity index (χ2v) is 7.73. The molecule has 22 heavy (non-hydrogen) atoms. The zero-order chi connectivity index (χ0) is 15.9. The molecule has 2 heterocycles. The molecule has 3 nitrogen and oxygen atoms in total. The smallest absolute Gasteiger partial charge is 0.0485 e. The van der Waals surface area contributed by atoms with Crippen LogP contribution in [-0.4, -0.2) is 59.8 Å². The van der Waals surface area contributed by atoms with Crippen LogP contribution in [0.25, 0.3) is 0 Å². The third-order valence-corrected chi connectivity index (χ3v) is 5.44. The summed E-state index contributed by atoms with van der Waals surface area (Å²) in [6.07, 6.45) is 9.66. The van der Waals surface area contributed by atoms with Crippen LogP contribution in [0.5, 0.6) is 0 Å². The lowest BCUT2D eigenvalue weighted by Gasteiger charge is -2.40. The van der Waals surface area contributed by atoms with Crippen molar-refractivity contribution in [1.82, 2.24) is 9.80 Å². The summed E-state index contributed by atoms with van der Waals surface area (Å²) in [6, 6.07) is 1.99. The van der Waals surface area contributed by atoms with Crippen LogP contribution in [0, 0.1) is 0 Å². The third-order valence-electron chi connectivity index (χ3n) is 5.44. The zero-order valence-corrected chi connectivity index (χ0v) is 15.4. The van der Waals surface area contributed by atoms with E-state index in [1.54, 1.807) is 0 Å². The molecule has 2 unspecified atom stereocenters. The normalized spacial score (nSPS) is 25.5. The average Bonchev–Trinajstić information content (AvgIpc) is 2.75. The summed E-state index contributed by atoms with van der Waals surface area (Å²) >= 11 is 0. The van der Waals surface area contributed by atoms with Crippen molar-refractivity contribution in [3.63, 3.8) is 0 Å². The minimum absolute atomic E-state index is 0.461. The third kappa shape index (κ3) is 5.66. The SMILES string of the molecule is CC(C)=NC(C)CC(C)N1CCC(N2CCCCCC2)CC1. The van der Waals surface area contributed by atoms with E-state index in [1.165, 1.54) is 76.8 Å². The van der Waals surface area contributed by atoms with Gasteiger partial charge in [-0.05, 0) is 86.0 Å². The van der Waals surface area contributed by atoms with Gasteiger partial charge in [0.15, 0.2) is 0 Å². The van der Waals surface area contributed by atoms with E-state index in [0.29, 0.717) is 12.1 Å². The van der Waals surface area contributed by atoms with Gasteiger partial charge in [0.1, 0.15) is 0 Å². The minimum atomic E-state index is 0.461. The van der Waals surface area contributed by atoms with Crippen LogP contribution in [0.1, 0.15) is 72.6 Å². The Labute approximate surface area is 138 Å². The molecule has 2 atom stereocenters. The predicted molar refractivity (Wildman–Crippen MR) is 97.0 cm³/mol. The van der Waals surface area contributed by atoms with Gasteiger partial charge in [0.2, 0.25) is 0 Å². The standard InChI is InChI=1S/C19H37N3/c1-16(2)20-17(3)15-18(4)21-13-9-19(10-14-21)22-11-7-5-6-8-12-22/h17-19H,5-15H2,1-4H3. The van der Waals surface area contributed by atoms with Gasteiger partial charge in [-0.1, -0.05) is 12.8 Å². The van der Waals surface area contributed by atoms with Crippen molar-refractivity contribution >= 4 is 5.71 Å². The molecular weight excluding hydrogens is 270 g/mol. The Balaban J connectivity index is 1.75. The highest BCUT2D eigenvalue weighted by Gasteiger charge is 2.27. The summed E-state index contributed by atoms with van der Waals surface area (Å²) < 4.78 is 0. The Morgan fingerprint density at radius 2 is 1.55 bits per heavy atom. The molecule has 0 radical (unpaired) electrons. The number of rotatable bonds is 5. The van der Waals surface area contributed by atoms with Gasteiger partial charge >= 0.3 is 0 Å². The van der Waals surface area contributed by atoms with Crippen LogP contribution in [0.15, 0.2) is 4.99 Å². The maximum atomic E-state index is 4.69. The molecule has 0 spiro atoms. The van der Waals surface area contributed by atoms with Gasteiger partial charge in [0, 0.05) is 23.8 Å². The van der Waals surface area contributed by atoms with Gasteiger partial charge in [-0.15, -0.1) is 0 Å². The first-order chi connectivity index (χ1) is 10.6. The van der Waals surface area contributed by atoms with E-state index in [2.05, 4.69) is 37.5 Å². The van der Waals surface area contributed by atoms with Gasteiger partial charge in [0.05, 0.1) is 0 Å². The van der Waals surface area contributed by atoms with Crippen molar-refractivity contribution in [1.29, 1.82) is 0 Å². The monoisotopic (exact) mass is 307 g/mol. The molecule has 0 aromatic rings. The molecule has 0 aliphatic carbocycles. The average molecular weight is 308 g/mol. The quantitative estimate of drug-likeness (QED) is 0.716. The molecule has 0 aromatic heterocycles. The van der Waals surface area contributed by atoms with E-state index in [9.17, 15) is 0 Å². The second-order valence-electron chi connectivity index (χ2n) is 7.73. The Bertz CT molecular complexity index is 333. The molecule has 3 heteroatoms. The Morgan fingerprint density at radius 3 is 2.09 bits per heavy atom. The summed E-state index contributed by atoms with van der Waals surface area (Å²) in [6.45, 7) is 14.1. The van der Waals surface area contributed by atoms with E-state index in [1.807, 2.05) is 0 Å². The Hall–Kier alpha value is -0.410. The highest BCUT2D eigenvalue weighted by atomic mass is 15.2. The molecule has 0 amide bonds. The Morgan fingerprint density at radius 1 is 0.955 bits per heavy atom. The largest absolute Gasteiger partial charge is 0.300 e. The van der Waals surface area contributed by atoms with E-state index in [4.69, 9.17) is 4.99 Å².